The molecule has 280 valence electrons. The van der Waals surface area contributed by atoms with Crippen LogP contribution in [0.4, 0.5) is 0 Å². The Labute approximate surface area is 303 Å². The Morgan fingerprint density at radius 3 is 1.10 bits per heavy atom. The molecule has 5 atom stereocenters. The molecule has 0 radical (unpaired) electrons. The minimum Gasteiger partial charge on any atom is -0.366 e. The normalized spacial score (nSPS) is 21.5. The first kappa shape index (κ1) is 39.6. The molecule has 1 heterocycles. The van der Waals surface area contributed by atoms with Crippen molar-refractivity contribution in [3.8, 4) is 0 Å². The Balaban J connectivity index is 1.61. The minimum atomic E-state index is -4.91. The smallest absolute Gasteiger partial charge is 0.297 e. The summed E-state index contributed by atoms with van der Waals surface area (Å²) in [6.07, 6.45) is -11.1. The molecule has 0 spiro atoms. The van der Waals surface area contributed by atoms with Crippen LogP contribution in [0.3, 0.4) is 0 Å². The summed E-state index contributed by atoms with van der Waals surface area (Å²) in [6.45, 7) is 5.77. The number of hydrogen-bond donors (Lipinski definition) is 1. The number of aryl methyl sites for hydroxylation is 4. The first-order valence-corrected chi connectivity index (χ1v) is 21.2. The maximum Gasteiger partial charge on any atom is 0.297 e. The predicted molar refractivity (Wildman–Crippen MR) is 185 cm³/mol. The molecule has 4 aromatic rings. The van der Waals surface area contributed by atoms with Crippen LogP contribution in [0, 0.1) is 27.7 Å². The van der Waals surface area contributed by atoms with Crippen LogP contribution in [0.15, 0.2) is 117 Å². The van der Waals surface area contributed by atoms with Crippen molar-refractivity contribution < 1.29 is 60.2 Å². The summed E-state index contributed by atoms with van der Waals surface area (Å²) in [5.41, 5.74) is 2.82. The molecule has 1 saturated heterocycles. The molecular formula is C34H36O14S4. The fourth-order valence-electron chi connectivity index (χ4n) is 5.01. The van der Waals surface area contributed by atoms with E-state index in [4.69, 9.17) is 21.5 Å². The summed E-state index contributed by atoms with van der Waals surface area (Å²) >= 11 is 0. The second kappa shape index (κ2) is 15.4. The average molecular weight is 797 g/mol. The third kappa shape index (κ3) is 9.32. The monoisotopic (exact) mass is 796 g/mol. The summed E-state index contributed by atoms with van der Waals surface area (Å²) in [7, 11) is -19.2. The van der Waals surface area contributed by atoms with Gasteiger partial charge in [-0.2, -0.15) is 33.7 Å². The van der Waals surface area contributed by atoms with Gasteiger partial charge in [-0.3, -0.25) is 16.7 Å². The molecule has 0 aromatic heterocycles. The van der Waals surface area contributed by atoms with Crippen LogP contribution < -0.4 is 0 Å². The van der Waals surface area contributed by atoms with Gasteiger partial charge >= 0.3 is 0 Å². The van der Waals surface area contributed by atoms with Crippen LogP contribution in [-0.4, -0.2) is 76.1 Å². The van der Waals surface area contributed by atoms with Crippen LogP contribution in [-0.2, 0) is 61.9 Å². The third-order valence-corrected chi connectivity index (χ3v) is 13.2. The number of aliphatic hydroxyl groups excluding tert-OH is 1. The number of ether oxygens (including phenoxy) is 1. The van der Waals surface area contributed by atoms with Crippen molar-refractivity contribution in [3.05, 3.63) is 119 Å². The Morgan fingerprint density at radius 2 is 0.750 bits per heavy atom. The summed E-state index contributed by atoms with van der Waals surface area (Å²) in [5.74, 6) is 0. The van der Waals surface area contributed by atoms with Crippen molar-refractivity contribution >= 4 is 40.5 Å². The van der Waals surface area contributed by atoms with Crippen LogP contribution in [0.25, 0.3) is 0 Å². The lowest BCUT2D eigenvalue weighted by Gasteiger charge is -2.42. The Bertz CT molecular complexity index is 2310. The van der Waals surface area contributed by atoms with Gasteiger partial charge in [0.2, 0.25) is 0 Å². The van der Waals surface area contributed by atoms with Gasteiger partial charge in [0, 0.05) is 0 Å². The molecule has 52 heavy (non-hydrogen) atoms. The van der Waals surface area contributed by atoms with E-state index >= 15 is 0 Å². The first-order valence-electron chi connectivity index (χ1n) is 15.6. The van der Waals surface area contributed by atoms with E-state index in [0.717, 1.165) is 5.56 Å². The Kier molecular flexibility index (Phi) is 11.8. The summed E-state index contributed by atoms with van der Waals surface area (Å²) in [6, 6.07) is 21.4. The molecule has 1 fully saturated rings. The van der Waals surface area contributed by atoms with Gasteiger partial charge in [-0.15, -0.1) is 0 Å². The highest BCUT2D eigenvalue weighted by Crippen LogP contribution is 2.34. The fraction of sp³-hybridized carbons (Fsp3) is 0.294. The topological polar surface area (TPSA) is 203 Å². The van der Waals surface area contributed by atoms with Crippen LogP contribution >= 0.6 is 0 Å². The van der Waals surface area contributed by atoms with Crippen LogP contribution in [0.1, 0.15) is 22.3 Å². The van der Waals surface area contributed by atoms with Crippen molar-refractivity contribution in [2.75, 3.05) is 6.61 Å². The SMILES string of the molecule is Cc1ccc(S(=O)(=O)OC[C@H]2O[C@@H](O)[C@@H](OS(=O)(=O)c3ccc(C)cc3)[C@@H](OS(=O)(=O)c3ccc(C)cc3)[C@H]2OS(=O)(=O)c2ccc(C)cc2)cc1. The molecule has 1 aliphatic rings. The molecule has 1 aliphatic heterocycles. The standard InChI is InChI=1S/C34H36O14S4/c1-22-5-13-26(14-6-22)49(36,37)44-21-30-31(46-50(38,39)27-15-7-23(2)8-16-27)32(47-51(40,41)28-17-9-24(3)10-18-28)33(34(35)45-30)48-52(42,43)29-19-11-25(4)12-20-29/h5-20,30-35H,21H2,1-4H3/t30-,31+,32+,33+,34-/m1/s1. The highest BCUT2D eigenvalue weighted by molar-refractivity contribution is 7.87. The number of benzene rings is 4. The molecule has 1 N–H and O–H groups in total. The summed E-state index contributed by atoms with van der Waals surface area (Å²) in [4.78, 5) is -1.50. The van der Waals surface area contributed by atoms with E-state index in [-0.39, 0.29) is 4.90 Å². The number of rotatable bonds is 13. The van der Waals surface area contributed by atoms with E-state index in [9.17, 15) is 38.8 Å². The van der Waals surface area contributed by atoms with E-state index in [2.05, 4.69) is 0 Å². The quantitative estimate of drug-likeness (QED) is 0.192. The van der Waals surface area contributed by atoms with Crippen molar-refractivity contribution in [1.82, 2.24) is 0 Å². The molecule has 0 aliphatic carbocycles. The number of hydrogen-bond acceptors (Lipinski definition) is 14. The lowest BCUT2D eigenvalue weighted by Crippen LogP contribution is -2.62. The van der Waals surface area contributed by atoms with Gasteiger partial charge in [-0.1, -0.05) is 70.8 Å². The van der Waals surface area contributed by atoms with Gasteiger partial charge in [0.05, 0.1) is 26.2 Å². The van der Waals surface area contributed by atoms with E-state index in [0.29, 0.717) is 16.7 Å². The fourth-order valence-corrected chi connectivity index (χ4v) is 9.20. The molecule has 0 saturated carbocycles. The van der Waals surface area contributed by atoms with E-state index in [1.165, 1.54) is 97.1 Å². The summed E-state index contributed by atoms with van der Waals surface area (Å²) < 4.78 is 135. The lowest BCUT2D eigenvalue weighted by molar-refractivity contribution is -0.268. The van der Waals surface area contributed by atoms with Gasteiger partial charge < -0.3 is 9.84 Å². The average Bonchev–Trinajstić information content (AvgIpc) is 3.07. The second-order valence-electron chi connectivity index (χ2n) is 12.1. The lowest BCUT2D eigenvalue weighted by atomic mass is 9.99. The zero-order valence-electron chi connectivity index (χ0n) is 28.2. The molecule has 14 nitrogen and oxygen atoms in total. The van der Waals surface area contributed by atoms with Crippen molar-refractivity contribution in [3.63, 3.8) is 0 Å². The molecule has 5 rings (SSSR count). The highest BCUT2D eigenvalue weighted by Gasteiger charge is 2.54. The Hall–Kier alpha value is -3.56. The van der Waals surface area contributed by atoms with E-state index in [1.807, 2.05) is 0 Å². The zero-order chi connectivity index (χ0) is 38.1. The molecule has 0 amide bonds. The van der Waals surface area contributed by atoms with Gasteiger partial charge in [0.1, 0.15) is 18.3 Å². The van der Waals surface area contributed by atoms with E-state index < -0.39 is 92.5 Å². The van der Waals surface area contributed by atoms with Crippen LogP contribution in [0.2, 0.25) is 0 Å². The highest BCUT2D eigenvalue weighted by atomic mass is 32.2. The van der Waals surface area contributed by atoms with Crippen LogP contribution in [0.5, 0.6) is 0 Å². The predicted octanol–water partition coefficient (Wildman–Crippen LogP) is 3.67. The number of aliphatic hydroxyl groups is 1. The molecular weight excluding hydrogens is 761 g/mol. The second-order valence-corrected chi connectivity index (χ2v) is 18.4. The van der Waals surface area contributed by atoms with Crippen molar-refractivity contribution in [1.29, 1.82) is 0 Å². The van der Waals surface area contributed by atoms with Gasteiger partial charge in [0.15, 0.2) is 12.4 Å². The van der Waals surface area contributed by atoms with Gasteiger partial charge in [-0.25, -0.2) is 0 Å². The Morgan fingerprint density at radius 1 is 0.462 bits per heavy atom. The zero-order valence-corrected chi connectivity index (χ0v) is 31.5. The largest absolute Gasteiger partial charge is 0.366 e. The molecule has 4 aromatic carbocycles. The van der Waals surface area contributed by atoms with Gasteiger partial charge in [0.25, 0.3) is 40.5 Å². The van der Waals surface area contributed by atoms with E-state index in [1.54, 1.807) is 27.7 Å². The maximum atomic E-state index is 13.7. The van der Waals surface area contributed by atoms with Gasteiger partial charge in [-0.05, 0) is 76.2 Å². The maximum absolute atomic E-state index is 13.7. The van der Waals surface area contributed by atoms with Crippen molar-refractivity contribution in [2.24, 2.45) is 0 Å². The summed E-state index contributed by atoms with van der Waals surface area (Å²) in [5, 5.41) is 11.2. The molecule has 0 unspecified atom stereocenters. The first-order chi connectivity index (χ1) is 24.3. The molecule has 0 bridgehead atoms. The minimum absolute atomic E-state index is 0.278. The molecule has 18 heteroatoms. The van der Waals surface area contributed by atoms with Crippen molar-refractivity contribution in [2.45, 2.75) is 78.0 Å². The third-order valence-electron chi connectivity index (χ3n) is 7.95.